The highest BCUT2D eigenvalue weighted by molar-refractivity contribution is 5.23. The molecule has 2 saturated carbocycles. The minimum absolute atomic E-state index is 0.174. The van der Waals surface area contributed by atoms with Gasteiger partial charge in [-0.1, -0.05) is 50.7 Å². The number of halogens is 3. The van der Waals surface area contributed by atoms with Gasteiger partial charge >= 0.3 is 0 Å². The summed E-state index contributed by atoms with van der Waals surface area (Å²) in [5, 5.41) is 0. The van der Waals surface area contributed by atoms with Crippen molar-refractivity contribution in [2.45, 2.75) is 89.9 Å². The smallest absolute Gasteiger partial charge is 0.194 e. The van der Waals surface area contributed by atoms with E-state index in [1.807, 2.05) is 0 Å². The first-order valence-electron chi connectivity index (χ1n) is 11.3. The van der Waals surface area contributed by atoms with Crippen LogP contribution in [0.5, 0.6) is 0 Å². The van der Waals surface area contributed by atoms with Gasteiger partial charge in [-0.15, -0.1) is 0 Å². The molecule has 0 atom stereocenters. The Bertz CT molecular complexity index is 612. The van der Waals surface area contributed by atoms with Gasteiger partial charge in [-0.05, 0) is 86.8 Å². The molecule has 2 aliphatic rings. The second-order valence-corrected chi connectivity index (χ2v) is 9.13. The number of hydrogen-bond donors (Lipinski definition) is 0. The molecule has 0 bridgehead atoms. The summed E-state index contributed by atoms with van der Waals surface area (Å²) in [6.45, 7) is 2.10. The molecule has 0 heterocycles. The summed E-state index contributed by atoms with van der Waals surface area (Å²) in [5.41, 5.74) is 0.631. The van der Waals surface area contributed by atoms with Crippen molar-refractivity contribution in [1.82, 2.24) is 0 Å². The Balaban J connectivity index is 1.36. The molecule has 0 radical (unpaired) electrons. The lowest BCUT2D eigenvalue weighted by molar-refractivity contribution is 0.225. The number of rotatable bonds is 7. The molecule has 0 unspecified atom stereocenters. The molecule has 0 nitrogen and oxygen atoms in total. The molecule has 3 rings (SSSR count). The molecule has 2 fully saturated rings. The molecule has 3 heteroatoms. The summed E-state index contributed by atoms with van der Waals surface area (Å²) in [7, 11) is 0. The van der Waals surface area contributed by atoms with E-state index in [1.54, 1.807) is 0 Å². The Morgan fingerprint density at radius 3 is 1.71 bits per heavy atom. The zero-order chi connectivity index (χ0) is 19.9. The van der Waals surface area contributed by atoms with E-state index in [-0.39, 0.29) is 5.92 Å². The SMILES string of the molecule is CC=CCCC1CCC(CCC2CCC(c3cc(F)c(F)c(F)c3)CC2)CC1. The summed E-state index contributed by atoms with van der Waals surface area (Å²) in [4.78, 5) is 0. The van der Waals surface area contributed by atoms with E-state index in [0.717, 1.165) is 43.4 Å². The predicted molar refractivity (Wildman–Crippen MR) is 110 cm³/mol. The zero-order valence-corrected chi connectivity index (χ0v) is 17.2. The molecule has 0 amide bonds. The Hall–Kier alpha value is -1.25. The summed E-state index contributed by atoms with van der Waals surface area (Å²) in [6.07, 6.45) is 19.4. The molecule has 28 heavy (non-hydrogen) atoms. The van der Waals surface area contributed by atoms with Gasteiger partial charge in [-0.2, -0.15) is 0 Å². The van der Waals surface area contributed by atoms with Crippen LogP contribution in [-0.2, 0) is 0 Å². The van der Waals surface area contributed by atoms with Gasteiger partial charge in [-0.25, -0.2) is 13.2 Å². The van der Waals surface area contributed by atoms with Gasteiger partial charge in [-0.3, -0.25) is 0 Å². The normalized spacial score (nSPS) is 28.7. The van der Waals surface area contributed by atoms with Crippen LogP contribution in [0.15, 0.2) is 24.3 Å². The lowest BCUT2D eigenvalue weighted by atomic mass is 9.74. The summed E-state index contributed by atoms with van der Waals surface area (Å²) < 4.78 is 40.2. The van der Waals surface area contributed by atoms with Crippen molar-refractivity contribution in [2.24, 2.45) is 17.8 Å². The molecule has 0 saturated heterocycles. The lowest BCUT2D eigenvalue weighted by Crippen LogP contribution is -2.18. The van der Waals surface area contributed by atoms with Crippen LogP contribution < -0.4 is 0 Å². The van der Waals surface area contributed by atoms with Crippen molar-refractivity contribution in [3.8, 4) is 0 Å². The van der Waals surface area contributed by atoms with Crippen LogP contribution in [-0.4, -0.2) is 0 Å². The standard InChI is InChI=1S/C25H35F3/c1-2-3-4-5-18-6-8-19(9-7-18)10-11-20-12-14-21(15-13-20)22-16-23(26)25(28)24(27)17-22/h2-3,16-21H,4-15H2,1H3. The third-order valence-electron chi connectivity index (χ3n) is 7.25. The minimum atomic E-state index is -1.35. The first-order chi connectivity index (χ1) is 13.6. The van der Waals surface area contributed by atoms with Crippen molar-refractivity contribution < 1.29 is 13.2 Å². The first kappa shape index (κ1) is 21.5. The molecule has 156 valence electrons. The van der Waals surface area contributed by atoms with E-state index in [0.29, 0.717) is 5.56 Å². The van der Waals surface area contributed by atoms with E-state index in [2.05, 4.69) is 19.1 Å². The molecule has 1 aromatic carbocycles. The van der Waals surface area contributed by atoms with E-state index in [9.17, 15) is 13.2 Å². The maximum Gasteiger partial charge on any atom is 0.194 e. The van der Waals surface area contributed by atoms with Crippen molar-refractivity contribution in [1.29, 1.82) is 0 Å². The van der Waals surface area contributed by atoms with Crippen molar-refractivity contribution in [3.05, 3.63) is 47.3 Å². The number of allylic oxidation sites excluding steroid dienone is 2. The fourth-order valence-corrected chi connectivity index (χ4v) is 5.37. The lowest BCUT2D eigenvalue weighted by Gasteiger charge is -2.32. The molecule has 2 aliphatic carbocycles. The first-order valence-corrected chi connectivity index (χ1v) is 11.3. The molecule has 1 aromatic rings. The Morgan fingerprint density at radius 2 is 1.21 bits per heavy atom. The van der Waals surface area contributed by atoms with Gasteiger partial charge < -0.3 is 0 Å². The van der Waals surface area contributed by atoms with Gasteiger partial charge in [0, 0.05) is 0 Å². The fourth-order valence-electron chi connectivity index (χ4n) is 5.37. The highest BCUT2D eigenvalue weighted by Gasteiger charge is 2.26. The van der Waals surface area contributed by atoms with Crippen LogP contribution >= 0.6 is 0 Å². The van der Waals surface area contributed by atoms with Crippen LogP contribution in [0.4, 0.5) is 13.2 Å². The van der Waals surface area contributed by atoms with E-state index < -0.39 is 17.5 Å². The topological polar surface area (TPSA) is 0 Å². The average molecular weight is 393 g/mol. The zero-order valence-electron chi connectivity index (χ0n) is 17.2. The van der Waals surface area contributed by atoms with Crippen molar-refractivity contribution in [2.75, 3.05) is 0 Å². The molecular weight excluding hydrogens is 357 g/mol. The number of benzene rings is 1. The number of hydrogen-bond acceptors (Lipinski definition) is 0. The predicted octanol–water partition coefficient (Wildman–Crippen LogP) is 8.32. The van der Waals surface area contributed by atoms with Gasteiger partial charge in [0.2, 0.25) is 0 Å². The monoisotopic (exact) mass is 392 g/mol. The second kappa shape index (κ2) is 10.5. The van der Waals surface area contributed by atoms with Crippen molar-refractivity contribution in [3.63, 3.8) is 0 Å². The summed E-state index contributed by atoms with van der Waals surface area (Å²) in [5.74, 6) is -0.714. The Morgan fingerprint density at radius 1 is 0.750 bits per heavy atom. The van der Waals surface area contributed by atoms with E-state index in [4.69, 9.17) is 0 Å². The molecular formula is C25H35F3. The Labute approximate surface area is 168 Å². The highest BCUT2D eigenvalue weighted by Crippen LogP contribution is 2.40. The highest BCUT2D eigenvalue weighted by atomic mass is 19.2. The average Bonchev–Trinajstić information content (AvgIpc) is 2.71. The van der Waals surface area contributed by atoms with Gasteiger partial charge in [0.05, 0.1) is 0 Å². The largest absolute Gasteiger partial charge is 0.204 e. The van der Waals surface area contributed by atoms with Gasteiger partial charge in [0.15, 0.2) is 17.5 Å². The van der Waals surface area contributed by atoms with Crippen LogP contribution in [0.2, 0.25) is 0 Å². The molecule has 0 aliphatic heterocycles. The van der Waals surface area contributed by atoms with Crippen molar-refractivity contribution >= 4 is 0 Å². The third-order valence-corrected chi connectivity index (χ3v) is 7.25. The second-order valence-electron chi connectivity index (χ2n) is 9.13. The molecule has 0 aromatic heterocycles. The van der Waals surface area contributed by atoms with Gasteiger partial charge in [0.25, 0.3) is 0 Å². The molecule has 0 spiro atoms. The fraction of sp³-hybridized carbons (Fsp3) is 0.680. The minimum Gasteiger partial charge on any atom is -0.204 e. The van der Waals surface area contributed by atoms with E-state index >= 15 is 0 Å². The molecule has 0 N–H and O–H groups in total. The quantitative estimate of drug-likeness (QED) is 0.323. The van der Waals surface area contributed by atoms with Crippen LogP contribution in [0, 0.1) is 35.2 Å². The van der Waals surface area contributed by atoms with Crippen LogP contribution in [0.25, 0.3) is 0 Å². The van der Waals surface area contributed by atoms with Crippen LogP contribution in [0.3, 0.4) is 0 Å². The van der Waals surface area contributed by atoms with Gasteiger partial charge in [0.1, 0.15) is 0 Å². The summed E-state index contributed by atoms with van der Waals surface area (Å²) in [6, 6.07) is 2.39. The van der Waals surface area contributed by atoms with E-state index in [1.165, 1.54) is 63.5 Å². The maximum atomic E-state index is 13.5. The third kappa shape index (κ3) is 5.87. The maximum absolute atomic E-state index is 13.5. The van der Waals surface area contributed by atoms with Crippen LogP contribution in [0.1, 0.15) is 95.5 Å². The summed E-state index contributed by atoms with van der Waals surface area (Å²) >= 11 is 0. The Kier molecular flexibility index (Phi) is 8.05.